The van der Waals surface area contributed by atoms with E-state index in [1.54, 1.807) is 6.92 Å². The minimum Gasteiger partial charge on any atom is -0.362 e. The molecule has 0 aromatic heterocycles. The number of amides is 1. The van der Waals surface area contributed by atoms with Gasteiger partial charge in [-0.3, -0.25) is 4.79 Å². The molecule has 84 valence electrons. The van der Waals surface area contributed by atoms with Crippen molar-refractivity contribution >= 4 is 5.91 Å². The van der Waals surface area contributed by atoms with Gasteiger partial charge in [0.05, 0.1) is 0 Å². The molecule has 0 bridgehead atoms. The number of rotatable bonds is 5. The highest BCUT2D eigenvalue weighted by Crippen LogP contribution is 2.13. The number of ether oxygens (including phenoxy) is 1. The van der Waals surface area contributed by atoms with Gasteiger partial charge in [0, 0.05) is 12.6 Å². The van der Waals surface area contributed by atoms with Gasteiger partial charge in [0.15, 0.2) is 0 Å². The normalized spacial score (nSPS) is 13.8. The molecule has 1 unspecified atom stereocenters. The van der Waals surface area contributed by atoms with E-state index in [0.717, 1.165) is 0 Å². The Bertz CT molecular complexity index is 182. The fourth-order valence-electron chi connectivity index (χ4n) is 0.585. The number of nitrogens with two attached hydrogens (primary N) is 1. The van der Waals surface area contributed by atoms with E-state index in [1.165, 1.54) is 0 Å². The highest BCUT2D eigenvalue weighted by atomic mass is 19.4. The number of carbonyl (C=O) groups is 1. The van der Waals surface area contributed by atoms with Crippen LogP contribution in [0.25, 0.3) is 0 Å². The third-order valence-electron chi connectivity index (χ3n) is 1.12. The maximum absolute atomic E-state index is 11.5. The molecule has 0 aromatic rings. The van der Waals surface area contributed by atoms with E-state index in [2.05, 4.69) is 10.1 Å². The number of alkyl halides is 3. The zero-order chi connectivity index (χ0) is 11.2. The molecule has 0 aliphatic carbocycles. The Balaban J connectivity index is 3.46. The van der Waals surface area contributed by atoms with Gasteiger partial charge in [-0.2, -0.15) is 13.2 Å². The lowest BCUT2D eigenvalue weighted by molar-refractivity contribution is -0.175. The van der Waals surface area contributed by atoms with E-state index in [-0.39, 0.29) is 12.6 Å². The first kappa shape index (κ1) is 13.2. The quantitative estimate of drug-likeness (QED) is 0.678. The van der Waals surface area contributed by atoms with Gasteiger partial charge in [0.25, 0.3) is 0 Å². The Morgan fingerprint density at radius 3 is 2.57 bits per heavy atom. The molecule has 0 radical (unpaired) electrons. The SMILES string of the molecule is CC(N)CNC(=O)COCC(F)(F)F. The molecule has 14 heavy (non-hydrogen) atoms. The first-order valence-corrected chi connectivity index (χ1v) is 3.98. The molecule has 0 heterocycles. The minimum atomic E-state index is -4.40. The molecule has 7 heteroatoms. The van der Waals surface area contributed by atoms with Crippen LogP contribution in [0.15, 0.2) is 0 Å². The van der Waals surface area contributed by atoms with Gasteiger partial charge in [0.2, 0.25) is 5.91 Å². The van der Waals surface area contributed by atoms with E-state index < -0.39 is 25.3 Å². The summed E-state index contributed by atoms with van der Waals surface area (Å²) in [5.74, 6) is -0.605. The lowest BCUT2D eigenvalue weighted by Gasteiger charge is -2.09. The number of halogens is 3. The molecule has 4 nitrogen and oxygen atoms in total. The molecule has 0 fully saturated rings. The van der Waals surface area contributed by atoms with Crippen LogP contribution in [0.5, 0.6) is 0 Å². The van der Waals surface area contributed by atoms with Crippen molar-refractivity contribution in [3.63, 3.8) is 0 Å². The standard InChI is InChI=1S/C7H13F3N2O2/c1-5(11)2-12-6(13)3-14-4-7(8,9)10/h5H,2-4,11H2,1H3,(H,12,13). The van der Waals surface area contributed by atoms with Crippen LogP contribution >= 0.6 is 0 Å². The van der Waals surface area contributed by atoms with E-state index in [9.17, 15) is 18.0 Å². The first-order chi connectivity index (χ1) is 6.31. The number of hydrogen-bond donors (Lipinski definition) is 2. The first-order valence-electron chi connectivity index (χ1n) is 3.98. The summed E-state index contributed by atoms with van der Waals surface area (Å²) in [5, 5.41) is 2.31. The smallest absolute Gasteiger partial charge is 0.362 e. The predicted octanol–water partition coefficient (Wildman–Crippen LogP) is 0.0287. The molecule has 0 saturated heterocycles. The summed E-state index contributed by atoms with van der Waals surface area (Å²) in [5.41, 5.74) is 5.30. The Labute approximate surface area is 79.6 Å². The predicted molar refractivity (Wildman–Crippen MR) is 43.5 cm³/mol. The van der Waals surface area contributed by atoms with Gasteiger partial charge in [0.1, 0.15) is 13.2 Å². The molecule has 1 atom stereocenters. The maximum atomic E-state index is 11.5. The summed E-state index contributed by atoms with van der Waals surface area (Å²) in [4.78, 5) is 10.8. The van der Waals surface area contributed by atoms with Crippen LogP contribution in [0.3, 0.4) is 0 Å². The third kappa shape index (κ3) is 9.27. The topological polar surface area (TPSA) is 64.3 Å². The van der Waals surface area contributed by atoms with Crippen LogP contribution in [0.1, 0.15) is 6.92 Å². The van der Waals surface area contributed by atoms with Gasteiger partial charge < -0.3 is 15.8 Å². The van der Waals surface area contributed by atoms with Crippen molar-refractivity contribution in [2.45, 2.75) is 19.1 Å². The molecule has 0 aromatic carbocycles. The van der Waals surface area contributed by atoms with Crippen LogP contribution < -0.4 is 11.1 Å². The number of hydrogen-bond acceptors (Lipinski definition) is 3. The molecular weight excluding hydrogens is 201 g/mol. The zero-order valence-corrected chi connectivity index (χ0v) is 7.73. The van der Waals surface area contributed by atoms with Crippen LogP contribution in [-0.2, 0) is 9.53 Å². The second kappa shape index (κ2) is 5.82. The zero-order valence-electron chi connectivity index (χ0n) is 7.73. The largest absolute Gasteiger partial charge is 0.411 e. The van der Waals surface area contributed by atoms with Crippen molar-refractivity contribution in [3.8, 4) is 0 Å². The summed E-state index contributed by atoms with van der Waals surface area (Å²) in [7, 11) is 0. The number of nitrogens with one attached hydrogen (secondary N) is 1. The van der Waals surface area contributed by atoms with Crippen molar-refractivity contribution in [2.75, 3.05) is 19.8 Å². The molecule has 3 N–H and O–H groups in total. The summed E-state index contributed by atoms with van der Waals surface area (Å²) < 4.78 is 38.7. The summed E-state index contributed by atoms with van der Waals surface area (Å²) in [6, 6.07) is -0.235. The molecule has 1 amide bonds. The minimum absolute atomic E-state index is 0.216. The lowest BCUT2D eigenvalue weighted by atomic mass is 10.3. The Morgan fingerprint density at radius 2 is 2.14 bits per heavy atom. The van der Waals surface area contributed by atoms with Crippen molar-refractivity contribution < 1.29 is 22.7 Å². The van der Waals surface area contributed by atoms with Crippen molar-refractivity contribution in [1.29, 1.82) is 0 Å². The van der Waals surface area contributed by atoms with Crippen molar-refractivity contribution in [1.82, 2.24) is 5.32 Å². The fourth-order valence-corrected chi connectivity index (χ4v) is 0.585. The van der Waals surface area contributed by atoms with E-state index in [0.29, 0.717) is 0 Å². The van der Waals surface area contributed by atoms with Crippen LogP contribution in [0.2, 0.25) is 0 Å². The van der Waals surface area contributed by atoms with Crippen molar-refractivity contribution in [2.24, 2.45) is 5.73 Å². The average molecular weight is 214 g/mol. The number of carbonyl (C=O) groups excluding carboxylic acids is 1. The van der Waals surface area contributed by atoms with Gasteiger partial charge in [-0.25, -0.2) is 0 Å². The molecule has 0 spiro atoms. The van der Waals surface area contributed by atoms with Crippen LogP contribution in [-0.4, -0.2) is 37.9 Å². The summed E-state index contributed by atoms with van der Waals surface area (Å²) >= 11 is 0. The van der Waals surface area contributed by atoms with Crippen LogP contribution in [0.4, 0.5) is 13.2 Å². The lowest BCUT2D eigenvalue weighted by Crippen LogP contribution is -2.37. The fraction of sp³-hybridized carbons (Fsp3) is 0.857. The highest BCUT2D eigenvalue weighted by Gasteiger charge is 2.27. The van der Waals surface area contributed by atoms with Gasteiger partial charge in [-0.1, -0.05) is 0 Å². The second-order valence-electron chi connectivity index (χ2n) is 2.89. The molecule has 0 rings (SSSR count). The average Bonchev–Trinajstić information content (AvgIpc) is 1.98. The highest BCUT2D eigenvalue weighted by molar-refractivity contribution is 5.77. The Kier molecular flexibility index (Phi) is 5.47. The Hall–Kier alpha value is -0.820. The summed E-state index contributed by atoms with van der Waals surface area (Å²) in [6.07, 6.45) is -4.40. The molecular formula is C7H13F3N2O2. The third-order valence-corrected chi connectivity index (χ3v) is 1.12. The molecule has 0 saturated carbocycles. The van der Waals surface area contributed by atoms with Crippen LogP contribution in [0, 0.1) is 0 Å². The molecule has 0 aliphatic rings. The Morgan fingerprint density at radius 1 is 1.57 bits per heavy atom. The maximum Gasteiger partial charge on any atom is 0.411 e. The van der Waals surface area contributed by atoms with E-state index in [4.69, 9.17) is 5.73 Å². The second-order valence-corrected chi connectivity index (χ2v) is 2.89. The van der Waals surface area contributed by atoms with Gasteiger partial charge >= 0.3 is 6.18 Å². The van der Waals surface area contributed by atoms with Gasteiger partial charge in [-0.15, -0.1) is 0 Å². The monoisotopic (exact) mass is 214 g/mol. The summed E-state index contributed by atoms with van der Waals surface area (Å²) in [6.45, 7) is -0.143. The van der Waals surface area contributed by atoms with Crippen molar-refractivity contribution in [3.05, 3.63) is 0 Å². The van der Waals surface area contributed by atoms with Gasteiger partial charge in [-0.05, 0) is 6.92 Å². The van der Waals surface area contributed by atoms with E-state index >= 15 is 0 Å². The molecule has 0 aliphatic heterocycles. The van der Waals surface area contributed by atoms with E-state index in [1.807, 2.05) is 0 Å².